The third-order valence-corrected chi connectivity index (χ3v) is 2.78. The van der Waals surface area contributed by atoms with E-state index in [4.69, 9.17) is 20.3 Å². The van der Waals surface area contributed by atoms with Crippen molar-refractivity contribution in [2.24, 2.45) is 5.73 Å². The minimum Gasteiger partial charge on any atom is -0.481 e. The standard InChI is InChI=1S/C12H15NO4/c1-7-4-8(9(13)2-3-11(14)15)5-10-12(7)17-6-16-10/h4-5,9H,2-3,6,13H2,1H3,(H,14,15). The molecule has 1 aromatic carbocycles. The van der Waals surface area contributed by atoms with Crippen LogP contribution >= 0.6 is 0 Å². The second-order valence-electron chi connectivity index (χ2n) is 4.11. The molecule has 1 atom stereocenters. The Labute approximate surface area is 99.1 Å². The highest BCUT2D eigenvalue weighted by atomic mass is 16.7. The second kappa shape index (κ2) is 4.63. The van der Waals surface area contributed by atoms with Crippen LogP contribution in [0.15, 0.2) is 12.1 Å². The summed E-state index contributed by atoms with van der Waals surface area (Å²) in [5, 5.41) is 8.62. The SMILES string of the molecule is Cc1cc(C(N)CCC(=O)O)cc2c1OCO2. The summed E-state index contributed by atoms with van der Waals surface area (Å²) in [5.74, 6) is 0.600. The minimum atomic E-state index is -0.835. The number of rotatable bonds is 4. The van der Waals surface area contributed by atoms with Crippen molar-refractivity contribution in [1.82, 2.24) is 0 Å². The Kier molecular flexibility index (Phi) is 3.19. The summed E-state index contributed by atoms with van der Waals surface area (Å²) in [6.45, 7) is 2.14. The Balaban J connectivity index is 2.16. The molecule has 0 amide bonds. The molecule has 0 aliphatic carbocycles. The van der Waals surface area contributed by atoms with Crippen LogP contribution in [0.4, 0.5) is 0 Å². The first-order valence-electron chi connectivity index (χ1n) is 5.45. The summed E-state index contributed by atoms with van der Waals surface area (Å²) in [5.41, 5.74) is 7.79. The highest BCUT2D eigenvalue weighted by Crippen LogP contribution is 2.37. The molecule has 0 fully saturated rings. The van der Waals surface area contributed by atoms with E-state index in [0.717, 1.165) is 16.9 Å². The summed E-state index contributed by atoms with van der Waals surface area (Å²) < 4.78 is 10.6. The van der Waals surface area contributed by atoms with Gasteiger partial charge < -0.3 is 20.3 Å². The first-order chi connectivity index (χ1) is 8.08. The van der Waals surface area contributed by atoms with Gasteiger partial charge in [-0.25, -0.2) is 0 Å². The van der Waals surface area contributed by atoms with Crippen LogP contribution in [-0.4, -0.2) is 17.9 Å². The molecule has 0 bridgehead atoms. The van der Waals surface area contributed by atoms with E-state index in [1.165, 1.54) is 0 Å². The molecule has 17 heavy (non-hydrogen) atoms. The molecule has 0 radical (unpaired) electrons. The average Bonchev–Trinajstić information content (AvgIpc) is 2.74. The van der Waals surface area contributed by atoms with Gasteiger partial charge in [0.25, 0.3) is 0 Å². The highest BCUT2D eigenvalue weighted by molar-refractivity contribution is 5.66. The van der Waals surface area contributed by atoms with E-state index >= 15 is 0 Å². The number of fused-ring (bicyclic) bond motifs is 1. The number of hydrogen-bond acceptors (Lipinski definition) is 4. The lowest BCUT2D eigenvalue weighted by molar-refractivity contribution is -0.137. The molecular formula is C12H15NO4. The molecule has 92 valence electrons. The zero-order valence-corrected chi connectivity index (χ0v) is 9.60. The monoisotopic (exact) mass is 237 g/mol. The Hall–Kier alpha value is -1.75. The third kappa shape index (κ3) is 2.50. The average molecular weight is 237 g/mol. The van der Waals surface area contributed by atoms with E-state index in [2.05, 4.69) is 0 Å². The molecule has 0 spiro atoms. The topological polar surface area (TPSA) is 81.8 Å². The Morgan fingerprint density at radius 1 is 1.53 bits per heavy atom. The van der Waals surface area contributed by atoms with Crippen molar-refractivity contribution < 1.29 is 19.4 Å². The van der Waals surface area contributed by atoms with Crippen LogP contribution in [0.5, 0.6) is 11.5 Å². The maximum atomic E-state index is 10.5. The van der Waals surface area contributed by atoms with Crippen LogP contribution in [0.2, 0.25) is 0 Å². The number of nitrogens with two attached hydrogens (primary N) is 1. The lowest BCUT2D eigenvalue weighted by Crippen LogP contribution is -2.12. The van der Waals surface area contributed by atoms with Crippen molar-refractivity contribution in [3.05, 3.63) is 23.3 Å². The third-order valence-electron chi connectivity index (χ3n) is 2.78. The summed E-state index contributed by atoms with van der Waals surface area (Å²) in [7, 11) is 0. The van der Waals surface area contributed by atoms with Crippen molar-refractivity contribution in [3.8, 4) is 11.5 Å². The van der Waals surface area contributed by atoms with Gasteiger partial charge in [0, 0.05) is 12.5 Å². The van der Waals surface area contributed by atoms with Gasteiger partial charge in [-0.3, -0.25) is 4.79 Å². The molecule has 5 nitrogen and oxygen atoms in total. The van der Waals surface area contributed by atoms with E-state index in [-0.39, 0.29) is 19.3 Å². The summed E-state index contributed by atoms with van der Waals surface area (Å²) in [6.07, 6.45) is 0.475. The predicted octanol–water partition coefficient (Wildman–Crippen LogP) is 1.59. The molecule has 1 aliphatic rings. The number of aryl methyl sites for hydroxylation is 1. The number of aliphatic carboxylic acids is 1. The Morgan fingerprint density at radius 2 is 2.29 bits per heavy atom. The maximum Gasteiger partial charge on any atom is 0.303 e. The van der Waals surface area contributed by atoms with E-state index in [9.17, 15) is 4.79 Å². The molecule has 2 rings (SSSR count). The first kappa shape index (κ1) is 11.7. The van der Waals surface area contributed by atoms with Gasteiger partial charge in [0.2, 0.25) is 6.79 Å². The van der Waals surface area contributed by atoms with E-state index < -0.39 is 5.97 Å². The number of benzene rings is 1. The van der Waals surface area contributed by atoms with Gasteiger partial charge in [0.1, 0.15) is 0 Å². The van der Waals surface area contributed by atoms with Crippen LogP contribution in [0.25, 0.3) is 0 Å². The Bertz CT molecular complexity index is 444. The molecular weight excluding hydrogens is 222 g/mol. The fraction of sp³-hybridized carbons (Fsp3) is 0.417. The molecule has 1 unspecified atom stereocenters. The summed E-state index contributed by atoms with van der Waals surface area (Å²) in [4.78, 5) is 10.5. The quantitative estimate of drug-likeness (QED) is 0.831. The summed E-state index contributed by atoms with van der Waals surface area (Å²) in [6, 6.07) is 3.45. The van der Waals surface area contributed by atoms with E-state index in [0.29, 0.717) is 12.2 Å². The van der Waals surface area contributed by atoms with Gasteiger partial charge in [0.15, 0.2) is 11.5 Å². The van der Waals surface area contributed by atoms with E-state index in [1.54, 1.807) is 0 Å². The maximum absolute atomic E-state index is 10.5. The van der Waals surface area contributed by atoms with Crippen molar-refractivity contribution in [3.63, 3.8) is 0 Å². The molecule has 0 aromatic heterocycles. The lowest BCUT2D eigenvalue weighted by atomic mass is 10.00. The van der Waals surface area contributed by atoms with Crippen molar-refractivity contribution in [2.75, 3.05) is 6.79 Å². The van der Waals surface area contributed by atoms with E-state index in [1.807, 2.05) is 19.1 Å². The predicted molar refractivity (Wildman–Crippen MR) is 61.1 cm³/mol. The lowest BCUT2D eigenvalue weighted by Gasteiger charge is -2.12. The molecule has 0 saturated heterocycles. The molecule has 3 N–H and O–H groups in total. The fourth-order valence-electron chi connectivity index (χ4n) is 1.87. The normalized spacial score (nSPS) is 14.7. The zero-order valence-electron chi connectivity index (χ0n) is 9.60. The zero-order chi connectivity index (χ0) is 12.4. The molecule has 1 aliphatic heterocycles. The van der Waals surface area contributed by atoms with Gasteiger partial charge in [-0.05, 0) is 30.5 Å². The van der Waals surface area contributed by atoms with Crippen molar-refractivity contribution in [1.29, 1.82) is 0 Å². The Morgan fingerprint density at radius 3 is 3.00 bits per heavy atom. The fourth-order valence-corrected chi connectivity index (χ4v) is 1.87. The smallest absolute Gasteiger partial charge is 0.303 e. The van der Waals surface area contributed by atoms with Crippen LogP contribution in [-0.2, 0) is 4.79 Å². The van der Waals surface area contributed by atoms with Crippen LogP contribution < -0.4 is 15.2 Å². The second-order valence-corrected chi connectivity index (χ2v) is 4.11. The molecule has 1 aromatic rings. The van der Waals surface area contributed by atoms with Gasteiger partial charge in [-0.2, -0.15) is 0 Å². The van der Waals surface area contributed by atoms with Crippen LogP contribution in [0.1, 0.15) is 30.0 Å². The molecule has 5 heteroatoms. The van der Waals surface area contributed by atoms with Gasteiger partial charge in [-0.1, -0.05) is 6.07 Å². The number of hydrogen-bond donors (Lipinski definition) is 2. The highest BCUT2D eigenvalue weighted by Gasteiger charge is 2.19. The largest absolute Gasteiger partial charge is 0.481 e. The summed E-state index contributed by atoms with van der Waals surface area (Å²) >= 11 is 0. The van der Waals surface area contributed by atoms with Crippen LogP contribution in [0, 0.1) is 6.92 Å². The number of carboxylic acids is 1. The first-order valence-corrected chi connectivity index (χ1v) is 5.45. The number of carboxylic acid groups (broad SMARTS) is 1. The number of ether oxygens (including phenoxy) is 2. The van der Waals surface area contributed by atoms with Crippen molar-refractivity contribution in [2.45, 2.75) is 25.8 Å². The van der Waals surface area contributed by atoms with Gasteiger partial charge in [-0.15, -0.1) is 0 Å². The minimum absolute atomic E-state index is 0.0641. The van der Waals surface area contributed by atoms with Crippen LogP contribution in [0.3, 0.4) is 0 Å². The number of carbonyl (C=O) groups is 1. The van der Waals surface area contributed by atoms with Crippen molar-refractivity contribution >= 4 is 5.97 Å². The van der Waals surface area contributed by atoms with Gasteiger partial charge >= 0.3 is 5.97 Å². The van der Waals surface area contributed by atoms with Gasteiger partial charge in [0.05, 0.1) is 0 Å². The molecule has 1 heterocycles. The molecule has 0 saturated carbocycles.